The molecule has 0 amide bonds. The minimum atomic E-state index is 0. The molecule has 2 aliphatic carbocycles. The molecule has 0 aromatic heterocycles. The number of hydrogen-bond acceptors (Lipinski definition) is 0. The monoisotopic (exact) mass is 520 g/mol. The van der Waals surface area contributed by atoms with Crippen LogP contribution in [0.15, 0.2) is 34.4 Å². The van der Waals surface area contributed by atoms with E-state index in [9.17, 15) is 0 Å². The summed E-state index contributed by atoms with van der Waals surface area (Å²) in [7, 11) is 0. The summed E-state index contributed by atoms with van der Waals surface area (Å²) >= 11 is 0. The van der Waals surface area contributed by atoms with Gasteiger partial charge in [0.1, 0.15) is 0 Å². The summed E-state index contributed by atoms with van der Waals surface area (Å²) in [6.45, 7) is 17.7. The summed E-state index contributed by atoms with van der Waals surface area (Å²) in [6.07, 6.45) is 13.3. The summed E-state index contributed by atoms with van der Waals surface area (Å²) in [5.41, 5.74) is 6.18. The molecule has 0 fully saturated rings. The molecule has 0 heterocycles. The molecule has 2 aliphatic rings. The normalized spacial score (nSPS) is 16.3. The zero-order valence-corrected chi connectivity index (χ0v) is 20.9. The Kier molecular flexibility index (Phi) is 13.6. The first-order valence-electron chi connectivity index (χ1n) is 7.57. The van der Waals surface area contributed by atoms with Crippen molar-refractivity contribution in [2.75, 3.05) is 0 Å². The molecule has 0 saturated heterocycles. The Morgan fingerprint density at radius 1 is 0.696 bits per heavy atom. The maximum atomic E-state index is 3.37. The van der Waals surface area contributed by atoms with Gasteiger partial charge in [0, 0.05) is 0 Å². The molecule has 0 radical (unpaired) electrons. The van der Waals surface area contributed by atoms with E-state index >= 15 is 0 Å². The molecule has 0 nitrogen and oxygen atoms in total. The third-order valence-electron chi connectivity index (χ3n) is 3.51. The Balaban J connectivity index is -0.000000308. The van der Waals surface area contributed by atoms with Crippen molar-refractivity contribution in [2.45, 2.75) is 68.2 Å². The Hall–Kier alpha value is 0.410. The Morgan fingerprint density at radius 3 is 1.04 bits per heavy atom. The van der Waals surface area contributed by atoms with Gasteiger partial charge in [0.2, 0.25) is 0 Å². The van der Waals surface area contributed by atoms with Crippen LogP contribution in [0.5, 0.6) is 0 Å². The Labute approximate surface area is 175 Å². The van der Waals surface area contributed by atoms with Crippen LogP contribution in [0.4, 0.5) is 0 Å². The fourth-order valence-corrected chi connectivity index (χ4v) is 2.13. The number of allylic oxidation sites excluding steroid dienone is 8. The minimum absolute atomic E-state index is 0. The molecule has 0 N–H and O–H groups in total. The fourth-order valence-electron chi connectivity index (χ4n) is 2.13. The molecule has 0 aromatic rings. The molecule has 23 heavy (non-hydrogen) atoms. The molecule has 0 saturated carbocycles. The van der Waals surface area contributed by atoms with Crippen LogP contribution in [0, 0.1) is 23.0 Å². The topological polar surface area (TPSA) is 0 Å². The van der Waals surface area contributed by atoms with E-state index < -0.39 is 0 Å². The standard InChI is InChI=1S/2C10H15.2ClH.Hf/c2*1-8-5-6-9(7-8)10(2,3)4;;;/h2*7H,5H2,1-4H3;2*1H;/q2*-1;;;+4/p-2. The van der Waals surface area contributed by atoms with Crippen molar-refractivity contribution in [3.63, 3.8) is 0 Å². The molecule has 3 heteroatoms. The van der Waals surface area contributed by atoms with Crippen LogP contribution >= 0.6 is 0 Å². The Morgan fingerprint density at radius 2 is 0.957 bits per heavy atom. The van der Waals surface area contributed by atoms with E-state index in [1.54, 1.807) is 0 Å². The van der Waals surface area contributed by atoms with Crippen molar-refractivity contribution >= 4 is 0 Å². The Bertz CT molecular complexity index is 435. The van der Waals surface area contributed by atoms with E-state index in [1.807, 2.05) is 0 Å². The van der Waals surface area contributed by atoms with E-state index in [0.29, 0.717) is 0 Å². The molecular formula is C20H30Cl2Hf. The van der Waals surface area contributed by atoms with Gasteiger partial charge in [-0.2, -0.15) is 11.1 Å². The molecule has 128 valence electrons. The van der Waals surface area contributed by atoms with Crippen molar-refractivity contribution in [1.82, 2.24) is 0 Å². The summed E-state index contributed by atoms with van der Waals surface area (Å²) in [5, 5.41) is 0. The van der Waals surface area contributed by atoms with Gasteiger partial charge in [-0.1, -0.05) is 55.4 Å². The van der Waals surface area contributed by atoms with E-state index in [0.717, 1.165) is 12.8 Å². The second-order valence-corrected chi connectivity index (χ2v) is 8.02. The van der Waals surface area contributed by atoms with Crippen LogP contribution in [0.25, 0.3) is 0 Å². The van der Waals surface area contributed by atoms with Crippen LogP contribution in [0.3, 0.4) is 0 Å². The van der Waals surface area contributed by atoms with E-state index in [2.05, 4.69) is 79.7 Å². The maximum Gasteiger partial charge on any atom is 4.00 e. The van der Waals surface area contributed by atoms with E-state index in [4.69, 9.17) is 0 Å². The van der Waals surface area contributed by atoms with Crippen LogP contribution < -0.4 is 24.8 Å². The molecule has 0 aliphatic heterocycles. The first kappa shape index (κ1) is 28.2. The number of rotatable bonds is 0. The zero-order chi connectivity index (χ0) is 15.6. The minimum Gasteiger partial charge on any atom is -1.00 e. The second kappa shape index (κ2) is 11.1. The molecule has 0 aromatic carbocycles. The maximum absolute atomic E-state index is 3.37. The van der Waals surface area contributed by atoms with Crippen LogP contribution in [-0.2, 0) is 25.8 Å². The van der Waals surface area contributed by atoms with Gasteiger partial charge in [-0.25, -0.2) is 23.3 Å². The van der Waals surface area contributed by atoms with Gasteiger partial charge in [-0.3, -0.25) is 12.2 Å². The third kappa shape index (κ3) is 10.1. The van der Waals surface area contributed by atoms with Crippen molar-refractivity contribution in [3.05, 3.63) is 46.6 Å². The summed E-state index contributed by atoms with van der Waals surface area (Å²) in [5.74, 6) is 0. The van der Waals surface area contributed by atoms with Crippen molar-refractivity contribution in [2.24, 2.45) is 10.8 Å². The van der Waals surface area contributed by atoms with Crippen molar-refractivity contribution in [3.8, 4) is 0 Å². The molecule has 0 unspecified atom stereocenters. The quantitative estimate of drug-likeness (QED) is 0.318. The molecule has 0 spiro atoms. The first-order valence-corrected chi connectivity index (χ1v) is 7.57. The smallest absolute Gasteiger partial charge is 1.00 e. The van der Waals surface area contributed by atoms with Gasteiger partial charge >= 0.3 is 25.8 Å². The molecular weight excluding hydrogens is 490 g/mol. The first-order chi connectivity index (χ1) is 9.00. The average Bonchev–Trinajstić information content (AvgIpc) is 2.85. The van der Waals surface area contributed by atoms with Gasteiger partial charge in [0.05, 0.1) is 0 Å². The molecule has 2 rings (SSSR count). The van der Waals surface area contributed by atoms with Gasteiger partial charge in [-0.05, 0) is 10.8 Å². The second-order valence-electron chi connectivity index (χ2n) is 8.02. The van der Waals surface area contributed by atoms with Gasteiger partial charge in [0.25, 0.3) is 0 Å². The zero-order valence-electron chi connectivity index (χ0n) is 15.8. The largest absolute Gasteiger partial charge is 4.00 e. The predicted molar refractivity (Wildman–Crippen MR) is 89.2 cm³/mol. The van der Waals surface area contributed by atoms with Crippen molar-refractivity contribution < 1.29 is 50.7 Å². The summed E-state index contributed by atoms with van der Waals surface area (Å²) < 4.78 is 0. The van der Waals surface area contributed by atoms with Gasteiger partial charge < -0.3 is 24.8 Å². The molecule has 0 bridgehead atoms. The van der Waals surface area contributed by atoms with E-state index in [1.165, 1.54) is 22.3 Å². The van der Waals surface area contributed by atoms with Crippen molar-refractivity contribution in [1.29, 1.82) is 0 Å². The number of hydrogen-bond donors (Lipinski definition) is 0. The van der Waals surface area contributed by atoms with E-state index in [-0.39, 0.29) is 61.5 Å². The summed E-state index contributed by atoms with van der Waals surface area (Å²) in [4.78, 5) is 0. The van der Waals surface area contributed by atoms with Crippen LogP contribution in [0.2, 0.25) is 0 Å². The van der Waals surface area contributed by atoms with Crippen LogP contribution in [-0.4, -0.2) is 0 Å². The average molecular weight is 520 g/mol. The van der Waals surface area contributed by atoms with Crippen LogP contribution in [0.1, 0.15) is 68.2 Å². The van der Waals surface area contributed by atoms with Gasteiger partial charge in [0.15, 0.2) is 0 Å². The predicted octanol–water partition coefficient (Wildman–Crippen LogP) is 0.230. The molecule has 0 atom stereocenters. The SMILES string of the molecule is CC1=CC(C(C)(C)C)=[C-]C1.CC1=CC(C(C)(C)C)=[C-]C1.[Cl-].[Cl-].[Hf+4]. The van der Waals surface area contributed by atoms with Gasteiger partial charge in [-0.15, -0.1) is 12.8 Å². The fraction of sp³-hybridized carbons (Fsp3) is 0.600. The summed E-state index contributed by atoms with van der Waals surface area (Å²) in [6, 6.07) is 0. The number of halogens is 2. The third-order valence-corrected chi connectivity index (χ3v) is 3.51.